The second-order valence-corrected chi connectivity index (χ2v) is 5.18. The van der Waals surface area contributed by atoms with E-state index in [0.29, 0.717) is 5.16 Å². The molecule has 1 heterocycles. The van der Waals surface area contributed by atoms with Crippen LogP contribution in [0, 0.1) is 6.92 Å². The lowest BCUT2D eigenvalue weighted by molar-refractivity contribution is -0.117. The highest BCUT2D eigenvalue weighted by molar-refractivity contribution is 8.00. The summed E-state index contributed by atoms with van der Waals surface area (Å²) < 4.78 is 1.59. The van der Waals surface area contributed by atoms with Crippen LogP contribution >= 0.6 is 11.8 Å². The van der Waals surface area contributed by atoms with E-state index >= 15 is 0 Å². The number of rotatable bonds is 4. The standard InChI is InChI=1S/C11H13N5OS/c1-7-3-5-9(6-4-7)16-11(13-14-15-16)18-8(2)10(12)17/h3-6,8H,1-2H3,(H2,12,17)/t8-/m1/s1. The van der Waals surface area contributed by atoms with Gasteiger partial charge in [0.15, 0.2) is 0 Å². The van der Waals surface area contributed by atoms with Crippen LogP contribution in [-0.2, 0) is 4.79 Å². The van der Waals surface area contributed by atoms with Gasteiger partial charge in [-0.3, -0.25) is 4.79 Å². The Bertz CT molecular complexity index is 551. The molecule has 1 aromatic carbocycles. The van der Waals surface area contributed by atoms with E-state index in [1.807, 2.05) is 31.2 Å². The fourth-order valence-electron chi connectivity index (χ4n) is 1.32. The van der Waals surface area contributed by atoms with Crippen LogP contribution in [0.4, 0.5) is 0 Å². The summed E-state index contributed by atoms with van der Waals surface area (Å²) in [5, 5.41) is 11.6. The van der Waals surface area contributed by atoms with Gasteiger partial charge in [-0.2, -0.15) is 4.68 Å². The highest BCUT2D eigenvalue weighted by Crippen LogP contribution is 2.22. The first kappa shape index (κ1) is 12.6. The average molecular weight is 263 g/mol. The van der Waals surface area contributed by atoms with Crippen LogP contribution in [0.2, 0.25) is 0 Å². The molecular weight excluding hydrogens is 250 g/mol. The van der Waals surface area contributed by atoms with Crippen molar-refractivity contribution >= 4 is 17.7 Å². The molecule has 6 nitrogen and oxygen atoms in total. The number of hydrogen-bond acceptors (Lipinski definition) is 5. The Labute approximate surface area is 109 Å². The van der Waals surface area contributed by atoms with Crippen LogP contribution in [0.1, 0.15) is 12.5 Å². The Balaban J connectivity index is 2.27. The molecule has 0 fully saturated rings. The van der Waals surface area contributed by atoms with Gasteiger partial charge in [0, 0.05) is 0 Å². The molecule has 2 rings (SSSR count). The topological polar surface area (TPSA) is 86.7 Å². The number of amides is 1. The fraction of sp³-hybridized carbons (Fsp3) is 0.273. The molecule has 0 unspecified atom stereocenters. The number of benzene rings is 1. The summed E-state index contributed by atoms with van der Waals surface area (Å²) in [6, 6.07) is 7.79. The summed E-state index contributed by atoms with van der Waals surface area (Å²) >= 11 is 1.24. The monoisotopic (exact) mass is 263 g/mol. The number of carbonyl (C=O) groups is 1. The molecule has 0 aliphatic rings. The van der Waals surface area contributed by atoms with E-state index in [0.717, 1.165) is 11.3 Å². The van der Waals surface area contributed by atoms with Crippen molar-refractivity contribution in [3.63, 3.8) is 0 Å². The minimum absolute atomic E-state index is 0.375. The van der Waals surface area contributed by atoms with Gasteiger partial charge in [0.2, 0.25) is 11.1 Å². The third-order valence-corrected chi connectivity index (χ3v) is 3.45. The third kappa shape index (κ3) is 2.67. The molecule has 18 heavy (non-hydrogen) atoms. The van der Waals surface area contributed by atoms with Crippen LogP contribution in [0.15, 0.2) is 29.4 Å². The van der Waals surface area contributed by atoms with Gasteiger partial charge in [-0.15, -0.1) is 5.10 Å². The van der Waals surface area contributed by atoms with E-state index in [4.69, 9.17) is 5.73 Å². The Morgan fingerprint density at radius 3 is 2.67 bits per heavy atom. The molecule has 0 radical (unpaired) electrons. The molecule has 0 spiro atoms. The van der Waals surface area contributed by atoms with Gasteiger partial charge in [-0.25, -0.2) is 0 Å². The normalized spacial score (nSPS) is 12.3. The molecule has 0 aliphatic carbocycles. The van der Waals surface area contributed by atoms with Gasteiger partial charge in [-0.05, 0) is 36.4 Å². The maximum atomic E-state index is 11.0. The van der Waals surface area contributed by atoms with Crippen molar-refractivity contribution < 1.29 is 4.79 Å². The predicted octanol–water partition coefficient (Wildman–Crippen LogP) is 0.937. The summed E-state index contributed by atoms with van der Waals surface area (Å²) in [4.78, 5) is 11.0. The van der Waals surface area contributed by atoms with Crippen LogP contribution in [0.25, 0.3) is 5.69 Å². The van der Waals surface area contributed by atoms with Gasteiger partial charge in [0.25, 0.3) is 0 Å². The van der Waals surface area contributed by atoms with E-state index in [2.05, 4.69) is 15.5 Å². The van der Waals surface area contributed by atoms with Crippen LogP contribution in [0.5, 0.6) is 0 Å². The number of tetrazole rings is 1. The van der Waals surface area contributed by atoms with E-state index in [9.17, 15) is 4.79 Å². The zero-order valence-electron chi connectivity index (χ0n) is 10.1. The number of thioether (sulfide) groups is 1. The molecule has 0 bridgehead atoms. The number of nitrogens with two attached hydrogens (primary N) is 1. The van der Waals surface area contributed by atoms with Crippen molar-refractivity contribution in [3.05, 3.63) is 29.8 Å². The number of aryl methyl sites for hydroxylation is 1. The second-order valence-electron chi connectivity index (χ2n) is 3.87. The summed E-state index contributed by atoms with van der Waals surface area (Å²) in [5.74, 6) is -0.390. The van der Waals surface area contributed by atoms with Crippen LogP contribution in [-0.4, -0.2) is 31.4 Å². The lowest BCUT2D eigenvalue weighted by Crippen LogP contribution is -2.23. The van der Waals surface area contributed by atoms with Gasteiger partial charge in [0.1, 0.15) is 0 Å². The van der Waals surface area contributed by atoms with E-state index < -0.39 is 5.91 Å². The molecule has 94 valence electrons. The summed E-state index contributed by atoms with van der Waals surface area (Å²) in [6.07, 6.45) is 0. The highest BCUT2D eigenvalue weighted by atomic mass is 32.2. The molecule has 0 saturated heterocycles. The number of primary amides is 1. The van der Waals surface area contributed by atoms with Crippen molar-refractivity contribution in [2.45, 2.75) is 24.3 Å². The molecule has 7 heteroatoms. The maximum Gasteiger partial charge on any atom is 0.230 e. The molecule has 2 aromatic rings. The van der Waals surface area contributed by atoms with Crippen LogP contribution in [0.3, 0.4) is 0 Å². The van der Waals surface area contributed by atoms with Crippen molar-refractivity contribution in [3.8, 4) is 5.69 Å². The predicted molar refractivity (Wildman–Crippen MR) is 68.4 cm³/mol. The molecule has 1 aromatic heterocycles. The summed E-state index contributed by atoms with van der Waals surface area (Å²) in [6.45, 7) is 3.73. The number of aromatic nitrogens is 4. The van der Waals surface area contributed by atoms with E-state index in [1.165, 1.54) is 11.8 Å². The summed E-state index contributed by atoms with van der Waals surface area (Å²) in [5.41, 5.74) is 7.23. The quantitative estimate of drug-likeness (QED) is 0.829. The largest absolute Gasteiger partial charge is 0.369 e. The Morgan fingerprint density at radius 2 is 2.06 bits per heavy atom. The van der Waals surface area contributed by atoms with Crippen LogP contribution < -0.4 is 5.73 Å². The fourth-order valence-corrected chi connectivity index (χ4v) is 2.07. The zero-order valence-corrected chi connectivity index (χ0v) is 10.9. The molecule has 2 N–H and O–H groups in total. The van der Waals surface area contributed by atoms with Gasteiger partial charge >= 0.3 is 0 Å². The van der Waals surface area contributed by atoms with Crippen molar-refractivity contribution in [1.82, 2.24) is 20.2 Å². The van der Waals surface area contributed by atoms with E-state index in [-0.39, 0.29) is 5.25 Å². The van der Waals surface area contributed by atoms with Gasteiger partial charge in [0.05, 0.1) is 10.9 Å². The van der Waals surface area contributed by atoms with Gasteiger partial charge in [-0.1, -0.05) is 29.5 Å². The number of nitrogens with zero attached hydrogens (tertiary/aromatic N) is 4. The van der Waals surface area contributed by atoms with Gasteiger partial charge < -0.3 is 5.73 Å². The van der Waals surface area contributed by atoms with Crippen molar-refractivity contribution in [2.24, 2.45) is 5.73 Å². The first-order valence-corrected chi connectivity index (χ1v) is 6.27. The lowest BCUT2D eigenvalue weighted by atomic mass is 10.2. The first-order chi connectivity index (χ1) is 8.58. The molecular formula is C11H13N5OS. The first-order valence-electron chi connectivity index (χ1n) is 5.39. The van der Waals surface area contributed by atoms with E-state index in [1.54, 1.807) is 11.6 Å². The Hall–Kier alpha value is -1.89. The third-order valence-electron chi connectivity index (χ3n) is 2.40. The van der Waals surface area contributed by atoms with Crippen molar-refractivity contribution in [1.29, 1.82) is 0 Å². The number of carbonyl (C=O) groups excluding carboxylic acids is 1. The minimum atomic E-state index is -0.390. The zero-order chi connectivity index (χ0) is 13.1. The Morgan fingerprint density at radius 1 is 1.39 bits per heavy atom. The molecule has 1 amide bonds. The molecule has 1 atom stereocenters. The van der Waals surface area contributed by atoms with Crippen molar-refractivity contribution in [2.75, 3.05) is 0 Å². The smallest absolute Gasteiger partial charge is 0.230 e. The maximum absolute atomic E-state index is 11.0. The summed E-state index contributed by atoms with van der Waals surface area (Å²) in [7, 11) is 0. The molecule has 0 saturated carbocycles. The Kier molecular flexibility index (Phi) is 3.61. The SMILES string of the molecule is Cc1ccc(-n2nnnc2S[C@H](C)C(N)=O)cc1. The highest BCUT2D eigenvalue weighted by Gasteiger charge is 2.16. The number of hydrogen-bond donors (Lipinski definition) is 1. The second kappa shape index (κ2) is 5.18. The minimum Gasteiger partial charge on any atom is -0.369 e. The molecule has 0 aliphatic heterocycles. The average Bonchev–Trinajstić information content (AvgIpc) is 2.78. The lowest BCUT2D eigenvalue weighted by Gasteiger charge is -2.07.